The summed E-state index contributed by atoms with van der Waals surface area (Å²) in [5, 5.41) is 3.58. The first-order chi connectivity index (χ1) is 8.58. The van der Waals surface area contributed by atoms with Crippen LogP contribution in [0.3, 0.4) is 0 Å². The lowest BCUT2D eigenvalue weighted by molar-refractivity contribution is -0.121. The van der Waals surface area contributed by atoms with Gasteiger partial charge in [0.1, 0.15) is 0 Å². The van der Waals surface area contributed by atoms with Crippen LogP contribution in [0.4, 0.5) is 0 Å². The Morgan fingerprint density at radius 3 is 2.56 bits per heavy atom. The lowest BCUT2D eigenvalue weighted by Crippen LogP contribution is -2.52. The average molecular weight is 250 g/mol. The zero-order valence-corrected chi connectivity index (χ0v) is 11.6. The summed E-state index contributed by atoms with van der Waals surface area (Å²) in [5.41, 5.74) is 5.52. The molecular weight excluding hydrogens is 224 g/mol. The Labute approximate surface area is 110 Å². The van der Waals surface area contributed by atoms with E-state index in [4.69, 9.17) is 5.73 Å². The molecule has 0 radical (unpaired) electrons. The Kier molecular flexibility index (Phi) is 3.13. The number of fused-ring (bicyclic) bond motifs is 5. The quantitative estimate of drug-likeness (QED) is 0.801. The van der Waals surface area contributed by atoms with Gasteiger partial charge < -0.3 is 11.1 Å². The summed E-state index contributed by atoms with van der Waals surface area (Å²) >= 11 is 0. The van der Waals surface area contributed by atoms with Crippen LogP contribution >= 0.6 is 0 Å². The highest BCUT2D eigenvalue weighted by Crippen LogP contribution is 2.58. The van der Waals surface area contributed by atoms with E-state index in [1.54, 1.807) is 0 Å². The van der Waals surface area contributed by atoms with Crippen molar-refractivity contribution in [3.8, 4) is 0 Å². The number of nitrogens with one attached hydrogen (secondary N) is 1. The Bertz CT molecular complexity index is 341. The monoisotopic (exact) mass is 250 g/mol. The smallest absolute Gasteiger partial charge is 0.234 e. The molecule has 0 heterocycles. The number of carbonyl (C=O) groups is 1. The second kappa shape index (κ2) is 4.52. The number of nitrogens with two attached hydrogens (primary N) is 1. The largest absolute Gasteiger partial charge is 0.368 e. The third kappa shape index (κ3) is 1.87. The van der Waals surface area contributed by atoms with Crippen LogP contribution in [-0.4, -0.2) is 18.0 Å². The van der Waals surface area contributed by atoms with E-state index in [1.807, 2.05) is 0 Å². The van der Waals surface area contributed by atoms with Crippen molar-refractivity contribution in [3.63, 3.8) is 0 Å². The predicted octanol–water partition coefficient (Wildman–Crippen LogP) is 1.91. The molecular formula is C15H26N2O. The van der Waals surface area contributed by atoms with Gasteiger partial charge in [0, 0.05) is 6.04 Å². The molecule has 6 atom stereocenters. The minimum absolute atomic E-state index is 0.144. The SMILES string of the molecule is CC(C)C(NC1CC2CC1C1CCCC21)C(N)=O. The molecule has 6 unspecified atom stereocenters. The third-order valence-electron chi connectivity index (χ3n) is 5.80. The standard InChI is InChI=1S/C15H26N2O/c1-8(2)14(15(16)18)17-13-7-9-6-12(13)11-5-3-4-10(9)11/h8-14,17H,3-7H2,1-2H3,(H2,16,18). The topological polar surface area (TPSA) is 55.1 Å². The molecule has 1 amide bonds. The number of primary amides is 1. The molecule has 3 aliphatic carbocycles. The Morgan fingerprint density at radius 2 is 1.89 bits per heavy atom. The zero-order chi connectivity index (χ0) is 12.9. The highest BCUT2D eigenvalue weighted by molar-refractivity contribution is 5.80. The van der Waals surface area contributed by atoms with Crippen molar-refractivity contribution in [1.29, 1.82) is 0 Å². The molecule has 3 saturated carbocycles. The summed E-state index contributed by atoms with van der Waals surface area (Å²) in [6.07, 6.45) is 6.99. The maximum absolute atomic E-state index is 11.5. The van der Waals surface area contributed by atoms with Crippen molar-refractivity contribution in [3.05, 3.63) is 0 Å². The molecule has 0 aromatic heterocycles. The van der Waals surface area contributed by atoms with Gasteiger partial charge in [-0.2, -0.15) is 0 Å². The molecule has 0 spiro atoms. The highest BCUT2D eigenvalue weighted by atomic mass is 16.1. The van der Waals surface area contributed by atoms with Gasteiger partial charge in [-0.25, -0.2) is 0 Å². The number of hydrogen-bond donors (Lipinski definition) is 2. The van der Waals surface area contributed by atoms with E-state index in [-0.39, 0.29) is 11.9 Å². The average Bonchev–Trinajstić information content (AvgIpc) is 2.96. The second-order valence-corrected chi connectivity index (χ2v) is 7.05. The van der Waals surface area contributed by atoms with E-state index in [0.29, 0.717) is 12.0 Å². The number of carbonyl (C=O) groups excluding carboxylic acids is 1. The second-order valence-electron chi connectivity index (χ2n) is 7.05. The van der Waals surface area contributed by atoms with Crippen molar-refractivity contribution >= 4 is 5.91 Å². The van der Waals surface area contributed by atoms with Crippen LogP contribution in [-0.2, 0) is 4.79 Å². The molecule has 3 aliphatic rings. The molecule has 2 bridgehead atoms. The highest BCUT2D eigenvalue weighted by Gasteiger charge is 2.54. The Balaban J connectivity index is 1.67. The molecule has 0 aromatic rings. The Morgan fingerprint density at radius 1 is 1.17 bits per heavy atom. The minimum atomic E-state index is -0.184. The van der Waals surface area contributed by atoms with Gasteiger partial charge in [-0.1, -0.05) is 20.3 Å². The summed E-state index contributed by atoms with van der Waals surface area (Å²) < 4.78 is 0. The van der Waals surface area contributed by atoms with Crippen molar-refractivity contribution < 1.29 is 4.79 Å². The van der Waals surface area contributed by atoms with E-state index in [1.165, 1.54) is 32.1 Å². The first-order valence-corrected chi connectivity index (χ1v) is 7.63. The summed E-state index contributed by atoms with van der Waals surface area (Å²) in [6, 6.07) is 0.406. The summed E-state index contributed by atoms with van der Waals surface area (Å²) in [4.78, 5) is 11.5. The molecule has 102 valence electrons. The fraction of sp³-hybridized carbons (Fsp3) is 0.933. The van der Waals surface area contributed by atoms with Gasteiger partial charge in [0.2, 0.25) is 5.91 Å². The molecule has 3 nitrogen and oxygen atoms in total. The molecule has 3 rings (SSSR count). The summed E-state index contributed by atoms with van der Waals surface area (Å²) in [6.45, 7) is 4.15. The first kappa shape index (κ1) is 12.5. The van der Waals surface area contributed by atoms with E-state index in [2.05, 4.69) is 19.2 Å². The van der Waals surface area contributed by atoms with Crippen LogP contribution in [0.2, 0.25) is 0 Å². The van der Waals surface area contributed by atoms with Crippen LogP contribution in [0, 0.1) is 29.6 Å². The van der Waals surface area contributed by atoms with Crippen LogP contribution in [0.15, 0.2) is 0 Å². The number of amides is 1. The Hall–Kier alpha value is -0.570. The third-order valence-corrected chi connectivity index (χ3v) is 5.80. The lowest BCUT2D eigenvalue weighted by Gasteiger charge is -2.35. The number of rotatable bonds is 4. The van der Waals surface area contributed by atoms with Crippen LogP contribution in [0.1, 0.15) is 46.0 Å². The molecule has 3 fully saturated rings. The minimum Gasteiger partial charge on any atom is -0.368 e. The normalized spacial score (nSPS) is 43.4. The molecule has 0 saturated heterocycles. The lowest BCUT2D eigenvalue weighted by atomic mass is 9.78. The van der Waals surface area contributed by atoms with E-state index >= 15 is 0 Å². The van der Waals surface area contributed by atoms with Crippen LogP contribution < -0.4 is 11.1 Å². The van der Waals surface area contributed by atoms with E-state index in [0.717, 1.165) is 23.7 Å². The van der Waals surface area contributed by atoms with E-state index in [9.17, 15) is 4.79 Å². The molecule has 0 aromatic carbocycles. The van der Waals surface area contributed by atoms with Crippen molar-refractivity contribution in [2.45, 2.75) is 58.0 Å². The van der Waals surface area contributed by atoms with Crippen molar-refractivity contribution in [2.24, 2.45) is 35.3 Å². The van der Waals surface area contributed by atoms with Gasteiger partial charge in [-0.05, 0) is 55.3 Å². The molecule has 18 heavy (non-hydrogen) atoms. The fourth-order valence-electron chi connectivity index (χ4n) is 5.09. The number of hydrogen-bond acceptors (Lipinski definition) is 2. The predicted molar refractivity (Wildman–Crippen MR) is 71.8 cm³/mol. The zero-order valence-electron chi connectivity index (χ0n) is 11.6. The van der Waals surface area contributed by atoms with Gasteiger partial charge in [-0.3, -0.25) is 4.79 Å². The van der Waals surface area contributed by atoms with Crippen molar-refractivity contribution in [1.82, 2.24) is 5.32 Å². The molecule has 0 aliphatic heterocycles. The van der Waals surface area contributed by atoms with Gasteiger partial charge in [0.15, 0.2) is 0 Å². The summed E-state index contributed by atoms with van der Waals surface area (Å²) in [7, 11) is 0. The van der Waals surface area contributed by atoms with Crippen molar-refractivity contribution in [2.75, 3.05) is 0 Å². The van der Waals surface area contributed by atoms with Gasteiger partial charge >= 0.3 is 0 Å². The van der Waals surface area contributed by atoms with Crippen LogP contribution in [0.25, 0.3) is 0 Å². The summed E-state index contributed by atoms with van der Waals surface area (Å²) in [5.74, 6) is 3.82. The van der Waals surface area contributed by atoms with E-state index < -0.39 is 0 Å². The van der Waals surface area contributed by atoms with Gasteiger partial charge in [-0.15, -0.1) is 0 Å². The fourth-order valence-corrected chi connectivity index (χ4v) is 5.09. The molecule has 3 heteroatoms. The van der Waals surface area contributed by atoms with Gasteiger partial charge in [0.05, 0.1) is 6.04 Å². The van der Waals surface area contributed by atoms with Gasteiger partial charge in [0.25, 0.3) is 0 Å². The maximum atomic E-state index is 11.5. The first-order valence-electron chi connectivity index (χ1n) is 7.63. The maximum Gasteiger partial charge on any atom is 0.234 e. The van der Waals surface area contributed by atoms with Crippen LogP contribution in [0.5, 0.6) is 0 Å². The molecule has 3 N–H and O–H groups in total.